The lowest BCUT2D eigenvalue weighted by Crippen LogP contribution is -2.46. The molecule has 3 nitrogen and oxygen atoms in total. The molecule has 0 aromatic carbocycles. The first kappa shape index (κ1) is 8.29. The van der Waals surface area contributed by atoms with Crippen molar-refractivity contribution in [2.45, 2.75) is 19.4 Å². The van der Waals surface area contributed by atoms with E-state index < -0.39 is 16.8 Å². The molecule has 1 amide bonds. The third-order valence-corrected chi connectivity index (χ3v) is 1.03. The minimum Gasteiger partial charge on any atom is -0.368 e. The fourth-order valence-corrected chi connectivity index (χ4v) is 0.0833. The maximum absolute atomic E-state index is 11.6. The molecule has 0 aliphatic rings. The van der Waals surface area contributed by atoms with Crippen LogP contribution in [-0.2, 0) is 4.79 Å². The van der Waals surface area contributed by atoms with Crippen LogP contribution in [0.5, 0.6) is 0 Å². The number of nitrogens with zero attached hydrogens (tertiary/aromatic N) is 1. The van der Waals surface area contributed by atoms with Crippen molar-refractivity contribution >= 4 is 5.91 Å². The summed E-state index contributed by atoms with van der Waals surface area (Å²) in [5, 5.41) is -1.21. The SMILES string of the molecule is CC(C)(C(N)=O)N(F)F. The van der Waals surface area contributed by atoms with E-state index in [-0.39, 0.29) is 0 Å². The molecule has 54 valence electrons. The summed E-state index contributed by atoms with van der Waals surface area (Å²) < 4.78 is 23.2. The van der Waals surface area contributed by atoms with Gasteiger partial charge in [-0.25, -0.2) is 0 Å². The third kappa shape index (κ3) is 1.60. The molecule has 0 rings (SSSR count). The molecule has 5 heteroatoms. The first-order valence-electron chi connectivity index (χ1n) is 2.30. The normalized spacial score (nSPS) is 12.1. The molecule has 2 N–H and O–H groups in total. The fourth-order valence-electron chi connectivity index (χ4n) is 0.0833. The molecule has 0 aromatic rings. The van der Waals surface area contributed by atoms with E-state index in [0.717, 1.165) is 13.8 Å². The number of rotatable bonds is 2. The van der Waals surface area contributed by atoms with Crippen LogP contribution in [0.1, 0.15) is 13.8 Å². The zero-order valence-corrected chi connectivity index (χ0v) is 5.19. The van der Waals surface area contributed by atoms with E-state index in [1.165, 1.54) is 0 Å². The van der Waals surface area contributed by atoms with Crippen LogP contribution >= 0.6 is 0 Å². The second-order valence-electron chi connectivity index (χ2n) is 2.16. The van der Waals surface area contributed by atoms with Crippen LogP contribution in [0.4, 0.5) is 8.96 Å². The molecule has 0 atom stereocenters. The van der Waals surface area contributed by atoms with E-state index in [2.05, 4.69) is 5.73 Å². The van der Waals surface area contributed by atoms with Gasteiger partial charge in [-0.1, -0.05) is 0 Å². The Bertz CT molecular complexity index is 124. The standard InChI is InChI=1S/C4H8F2N2O/c1-4(2,3(7)9)8(5)6/h1-2H3,(H2,7,9). The summed E-state index contributed by atoms with van der Waals surface area (Å²) in [6.45, 7) is 2.07. The lowest BCUT2D eigenvalue weighted by molar-refractivity contribution is -0.217. The number of halogens is 2. The summed E-state index contributed by atoms with van der Waals surface area (Å²) >= 11 is 0. The largest absolute Gasteiger partial charge is 0.368 e. The minimum absolute atomic E-state index is 1.04. The van der Waals surface area contributed by atoms with Crippen LogP contribution in [-0.4, -0.2) is 16.8 Å². The van der Waals surface area contributed by atoms with Gasteiger partial charge in [0.2, 0.25) is 5.91 Å². The van der Waals surface area contributed by atoms with Gasteiger partial charge in [0.15, 0.2) is 5.54 Å². The minimum atomic E-state index is -1.86. The molecule has 0 bridgehead atoms. The molecule has 0 aromatic heterocycles. The van der Waals surface area contributed by atoms with Gasteiger partial charge in [0.25, 0.3) is 0 Å². The average molecular weight is 138 g/mol. The highest BCUT2D eigenvalue weighted by Crippen LogP contribution is 2.13. The number of amides is 1. The first-order chi connectivity index (χ1) is 3.89. The highest BCUT2D eigenvalue weighted by atomic mass is 19.4. The van der Waals surface area contributed by atoms with Crippen LogP contribution in [0.15, 0.2) is 0 Å². The molecule has 0 saturated heterocycles. The number of hydrogen-bond acceptors (Lipinski definition) is 2. The van der Waals surface area contributed by atoms with Gasteiger partial charge in [-0.05, 0) is 13.8 Å². The molecule has 0 radical (unpaired) electrons. The molecule has 9 heavy (non-hydrogen) atoms. The van der Waals surface area contributed by atoms with E-state index in [1.54, 1.807) is 0 Å². The van der Waals surface area contributed by atoms with Crippen LogP contribution in [0.25, 0.3) is 0 Å². The van der Waals surface area contributed by atoms with E-state index >= 15 is 0 Å². The Balaban J connectivity index is 4.19. The van der Waals surface area contributed by atoms with Crippen molar-refractivity contribution in [1.82, 2.24) is 5.34 Å². The fraction of sp³-hybridized carbons (Fsp3) is 0.750. The second-order valence-corrected chi connectivity index (χ2v) is 2.16. The van der Waals surface area contributed by atoms with E-state index in [4.69, 9.17) is 0 Å². The van der Waals surface area contributed by atoms with Crippen molar-refractivity contribution in [3.63, 3.8) is 0 Å². The third-order valence-electron chi connectivity index (χ3n) is 1.03. The quantitative estimate of drug-likeness (QED) is 0.558. The molecule has 0 saturated carbocycles. The maximum atomic E-state index is 11.6. The van der Waals surface area contributed by atoms with Crippen LogP contribution in [0.2, 0.25) is 0 Å². The maximum Gasteiger partial charge on any atom is 0.242 e. The molecular weight excluding hydrogens is 130 g/mol. The molecule has 0 aliphatic carbocycles. The Labute approximate surface area is 51.3 Å². The topological polar surface area (TPSA) is 46.3 Å². The van der Waals surface area contributed by atoms with Crippen molar-refractivity contribution in [2.75, 3.05) is 0 Å². The number of carbonyl (C=O) groups is 1. The van der Waals surface area contributed by atoms with Crippen molar-refractivity contribution in [2.24, 2.45) is 5.73 Å². The predicted molar refractivity (Wildman–Crippen MR) is 27.3 cm³/mol. The van der Waals surface area contributed by atoms with Gasteiger partial charge in [-0.15, -0.1) is 8.96 Å². The van der Waals surface area contributed by atoms with Crippen molar-refractivity contribution in [3.8, 4) is 0 Å². The van der Waals surface area contributed by atoms with E-state index in [9.17, 15) is 13.8 Å². The summed E-state index contributed by atoms with van der Waals surface area (Å²) in [6.07, 6.45) is 0. The van der Waals surface area contributed by atoms with Gasteiger partial charge < -0.3 is 5.73 Å². The summed E-state index contributed by atoms with van der Waals surface area (Å²) in [7, 11) is 0. The zero-order valence-electron chi connectivity index (χ0n) is 5.19. The highest BCUT2D eigenvalue weighted by Gasteiger charge is 2.34. The Morgan fingerprint density at radius 1 is 1.56 bits per heavy atom. The van der Waals surface area contributed by atoms with Crippen molar-refractivity contribution in [1.29, 1.82) is 0 Å². The van der Waals surface area contributed by atoms with E-state index in [0.29, 0.717) is 0 Å². The molecule has 0 fully saturated rings. The Morgan fingerprint density at radius 3 is 1.89 bits per heavy atom. The molecule has 0 heterocycles. The smallest absolute Gasteiger partial charge is 0.242 e. The van der Waals surface area contributed by atoms with Gasteiger partial charge in [-0.3, -0.25) is 4.79 Å². The van der Waals surface area contributed by atoms with Gasteiger partial charge in [0.05, 0.1) is 0 Å². The Morgan fingerprint density at radius 2 is 1.89 bits per heavy atom. The number of primary amides is 1. The number of nitrogens with two attached hydrogens (primary N) is 1. The summed E-state index contributed by atoms with van der Waals surface area (Å²) in [4.78, 5) is 10.2. The summed E-state index contributed by atoms with van der Waals surface area (Å²) in [5.41, 5.74) is 2.75. The van der Waals surface area contributed by atoms with Gasteiger partial charge in [-0.2, -0.15) is 0 Å². The van der Waals surface area contributed by atoms with Crippen LogP contribution < -0.4 is 5.73 Å². The molecule has 0 aliphatic heterocycles. The molecule has 0 unspecified atom stereocenters. The summed E-state index contributed by atoms with van der Waals surface area (Å²) in [5.74, 6) is -1.05. The summed E-state index contributed by atoms with van der Waals surface area (Å²) in [6, 6.07) is 0. The zero-order chi connectivity index (χ0) is 7.65. The molecule has 0 spiro atoms. The van der Waals surface area contributed by atoms with Gasteiger partial charge in [0, 0.05) is 5.34 Å². The highest BCUT2D eigenvalue weighted by molar-refractivity contribution is 5.83. The van der Waals surface area contributed by atoms with E-state index in [1.807, 2.05) is 0 Å². The molecular formula is C4H8F2N2O. The Hall–Kier alpha value is -0.710. The van der Waals surface area contributed by atoms with Gasteiger partial charge >= 0.3 is 0 Å². The first-order valence-corrected chi connectivity index (χ1v) is 2.30. The lowest BCUT2D eigenvalue weighted by atomic mass is 10.1. The van der Waals surface area contributed by atoms with Crippen LogP contribution in [0, 0.1) is 0 Å². The number of hydrogen-bond donors (Lipinski definition) is 1. The van der Waals surface area contributed by atoms with Crippen LogP contribution in [0.3, 0.4) is 0 Å². The average Bonchev–Trinajstić information content (AvgIpc) is 1.65. The number of carbonyl (C=O) groups excluding carboxylic acids is 1. The monoisotopic (exact) mass is 138 g/mol. The Kier molecular flexibility index (Phi) is 2.08. The van der Waals surface area contributed by atoms with Gasteiger partial charge in [0.1, 0.15) is 0 Å². The van der Waals surface area contributed by atoms with Crippen molar-refractivity contribution < 1.29 is 13.8 Å². The van der Waals surface area contributed by atoms with Crippen molar-refractivity contribution in [3.05, 3.63) is 0 Å². The second kappa shape index (κ2) is 2.26. The lowest BCUT2D eigenvalue weighted by Gasteiger charge is -2.18. The predicted octanol–water partition coefficient (Wildman–Crippen LogP) is 0.321.